The molecule has 0 bridgehead atoms. The van der Waals surface area contributed by atoms with E-state index in [1.165, 1.54) is 0 Å². The molecule has 2 N–H and O–H groups in total. The largest absolute Gasteiger partial charge is 0.487 e. The predicted molar refractivity (Wildman–Crippen MR) is 74.8 cm³/mol. The van der Waals surface area contributed by atoms with Crippen molar-refractivity contribution in [1.29, 1.82) is 0 Å². The number of nitrogen functional groups attached to an aromatic ring is 1. The van der Waals surface area contributed by atoms with Gasteiger partial charge in [-0.1, -0.05) is 30.3 Å². The number of aromatic nitrogens is 1. The Morgan fingerprint density at radius 3 is 2.78 bits per heavy atom. The first-order chi connectivity index (χ1) is 8.84. The quantitative estimate of drug-likeness (QED) is 0.730. The monoisotopic (exact) mass is 256 g/mol. The van der Waals surface area contributed by atoms with Gasteiger partial charge in [-0.15, -0.1) is 11.3 Å². The number of benzene rings is 2. The molecule has 0 unspecified atom stereocenters. The molecule has 2 aromatic carbocycles. The van der Waals surface area contributed by atoms with E-state index in [2.05, 4.69) is 4.98 Å². The van der Waals surface area contributed by atoms with Gasteiger partial charge in [-0.2, -0.15) is 0 Å². The number of rotatable bonds is 3. The molecule has 0 radical (unpaired) electrons. The van der Waals surface area contributed by atoms with Gasteiger partial charge in [-0.3, -0.25) is 0 Å². The summed E-state index contributed by atoms with van der Waals surface area (Å²) in [6.07, 6.45) is 0. The molecule has 1 heterocycles. The minimum Gasteiger partial charge on any atom is -0.487 e. The zero-order valence-corrected chi connectivity index (χ0v) is 10.5. The molecule has 0 aliphatic carbocycles. The lowest BCUT2D eigenvalue weighted by molar-refractivity contribution is 0.308. The molecule has 3 nitrogen and oxygen atoms in total. The standard InChI is InChI=1S/C14H12N2OS/c15-13-11(6-7-12-14(13)16-9-18-12)17-8-10-4-2-1-3-5-10/h1-7,9H,8,15H2. The third-order valence-corrected chi connectivity index (χ3v) is 3.53. The molecule has 18 heavy (non-hydrogen) atoms. The molecule has 0 atom stereocenters. The minimum absolute atomic E-state index is 0.515. The van der Waals surface area contributed by atoms with Gasteiger partial charge in [-0.05, 0) is 17.7 Å². The topological polar surface area (TPSA) is 48.1 Å². The van der Waals surface area contributed by atoms with Gasteiger partial charge in [0.1, 0.15) is 23.6 Å². The molecule has 4 heteroatoms. The van der Waals surface area contributed by atoms with Gasteiger partial charge in [0.2, 0.25) is 0 Å². The van der Waals surface area contributed by atoms with Crippen LogP contribution in [0.4, 0.5) is 5.69 Å². The Bertz CT molecular complexity index is 664. The molecule has 1 aromatic heterocycles. The van der Waals surface area contributed by atoms with Crippen LogP contribution in [0.5, 0.6) is 5.75 Å². The van der Waals surface area contributed by atoms with Crippen molar-refractivity contribution in [1.82, 2.24) is 4.98 Å². The zero-order chi connectivity index (χ0) is 12.4. The van der Waals surface area contributed by atoms with Crippen molar-refractivity contribution in [2.24, 2.45) is 0 Å². The van der Waals surface area contributed by atoms with Crippen LogP contribution in [0.1, 0.15) is 5.56 Å². The Kier molecular flexibility index (Phi) is 2.86. The zero-order valence-electron chi connectivity index (χ0n) is 9.67. The van der Waals surface area contributed by atoms with Gasteiger partial charge in [-0.25, -0.2) is 4.98 Å². The first kappa shape index (κ1) is 11.0. The van der Waals surface area contributed by atoms with E-state index in [-0.39, 0.29) is 0 Å². The predicted octanol–water partition coefficient (Wildman–Crippen LogP) is 3.46. The van der Waals surface area contributed by atoms with Crippen LogP contribution >= 0.6 is 11.3 Å². The maximum atomic E-state index is 6.05. The van der Waals surface area contributed by atoms with Gasteiger partial charge >= 0.3 is 0 Å². The van der Waals surface area contributed by atoms with Crippen LogP contribution in [0, 0.1) is 0 Å². The third kappa shape index (κ3) is 2.02. The maximum absolute atomic E-state index is 6.05. The Morgan fingerprint density at radius 1 is 1.11 bits per heavy atom. The first-order valence-electron chi connectivity index (χ1n) is 5.63. The Labute approximate surface area is 109 Å². The molecular weight excluding hydrogens is 244 g/mol. The van der Waals surface area contributed by atoms with E-state index in [4.69, 9.17) is 10.5 Å². The molecule has 0 amide bonds. The van der Waals surface area contributed by atoms with Crippen molar-refractivity contribution in [3.63, 3.8) is 0 Å². The van der Waals surface area contributed by atoms with Crippen molar-refractivity contribution in [2.75, 3.05) is 5.73 Å². The number of anilines is 1. The van der Waals surface area contributed by atoms with Crippen LogP contribution in [-0.2, 0) is 6.61 Å². The third-order valence-electron chi connectivity index (χ3n) is 2.74. The molecule has 0 saturated carbocycles. The normalized spacial score (nSPS) is 10.7. The van der Waals surface area contributed by atoms with Crippen molar-refractivity contribution in [2.45, 2.75) is 6.61 Å². The maximum Gasteiger partial charge on any atom is 0.145 e. The summed E-state index contributed by atoms with van der Waals surface area (Å²) < 4.78 is 6.82. The summed E-state index contributed by atoms with van der Waals surface area (Å²) in [5.41, 5.74) is 10.4. The highest BCUT2D eigenvalue weighted by atomic mass is 32.1. The van der Waals surface area contributed by atoms with Gasteiger partial charge in [0.05, 0.1) is 10.2 Å². The fourth-order valence-corrected chi connectivity index (χ4v) is 2.49. The van der Waals surface area contributed by atoms with Crippen LogP contribution in [0.15, 0.2) is 48.0 Å². The molecule has 0 aliphatic heterocycles. The Morgan fingerprint density at radius 2 is 1.94 bits per heavy atom. The van der Waals surface area contributed by atoms with E-state index in [1.807, 2.05) is 42.5 Å². The second kappa shape index (κ2) is 4.66. The summed E-state index contributed by atoms with van der Waals surface area (Å²) in [6, 6.07) is 13.9. The number of nitrogens with zero attached hydrogens (tertiary/aromatic N) is 1. The lowest BCUT2D eigenvalue weighted by Crippen LogP contribution is -1.99. The number of ether oxygens (including phenoxy) is 1. The Hall–Kier alpha value is -2.07. The van der Waals surface area contributed by atoms with Crippen LogP contribution in [-0.4, -0.2) is 4.98 Å². The second-order valence-electron chi connectivity index (χ2n) is 3.95. The van der Waals surface area contributed by atoms with Crippen LogP contribution < -0.4 is 10.5 Å². The van der Waals surface area contributed by atoms with Crippen molar-refractivity contribution < 1.29 is 4.74 Å². The van der Waals surface area contributed by atoms with Crippen molar-refractivity contribution >= 4 is 27.2 Å². The summed E-state index contributed by atoms with van der Waals surface area (Å²) in [4.78, 5) is 4.25. The van der Waals surface area contributed by atoms with E-state index in [0.717, 1.165) is 15.8 Å². The van der Waals surface area contributed by atoms with Crippen molar-refractivity contribution in [3.8, 4) is 5.75 Å². The van der Waals surface area contributed by atoms with Crippen LogP contribution in [0.2, 0.25) is 0 Å². The SMILES string of the molecule is Nc1c(OCc2ccccc2)ccc2scnc12. The first-order valence-corrected chi connectivity index (χ1v) is 6.51. The fourth-order valence-electron chi connectivity index (χ4n) is 1.79. The lowest BCUT2D eigenvalue weighted by Gasteiger charge is -2.09. The summed E-state index contributed by atoms with van der Waals surface area (Å²) >= 11 is 1.58. The van der Waals surface area contributed by atoms with Gasteiger partial charge in [0, 0.05) is 0 Å². The molecule has 0 aliphatic rings. The number of hydrogen-bond acceptors (Lipinski definition) is 4. The highest BCUT2D eigenvalue weighted by Gasteiger charge is 2.07. The van der Waals surface area contributed by atoms with Gasteiger partial charge in [0.25, 0.3) is 0 Å². The highest BCUT2D eigenvalue weighted by Crippen LogP contribution is 2.32. The van der Waals surface area contributed by atoms with Crippen LogP contribution in [0.3, 0.4) is 0 Å². The molecule has 0 fully saturated rings. The molecular formula is C14H12N2OS. The molecule has 0 spiro atoms. The number of hydrogen-bond donors (Lipinski definition) is 1. The second-order valence-corrected chi connectivity index (χ2v) is 4.84. The van der Waals surface area contributed by atoms with Gasteiger partial charge < -0.3 is 10.5 Å². The van der Waals surface area contributed by atoms with E-state index in [1.54, 1.807) is 16.8 Å². The average Bonchev–Trinajstić information content (AvgIpc) is 2.88. The highest BCUT2D eigenvalue weighted by molar-refractivity contribution is 7.16. The lowest BCUT2D eigenvalue weighted by atomic mass is 10.2. The van der Waals surface area contributed by atoms with Gasteiger partial charge in [0.15, 0.2) is 0 Å². The van der Waals surface area contributed by atoms with Crippen molar-refractivity contribution in [3.05, 3.63) is 53.5 Å². The molecule has 3 aromatic rings. The molecule has 0 saturated heterocycles. The summed E-state index contributed by atoms with van der Waals surface area (Å²) in [5.74, 6) is 0.692. The summed E-state index contributed by atoms with van der Waals surface area (Å²) in [7, 11) is 0. The average molecular weight is 256 g/mol. The smallest absolute Gasteiger partial charge is 0.145 e. The molecule has 90 valence electrons. The summed E-state index contributed by atoms with van der Waals surface area (Å²) in [5, 5.41) is 0. The van der Waals surface area contributed by atoms with E-state index >= 15 is 0 Å². The van der Waals surface area contributed by atoms with E-state index < -0.39 is 0 Å². The van der Waals surface area contributed by atoms with Crippen LogP contribution in [0.25, 0.3) is 10.2 Å². The molecule has 3 rings (SSSR count). The minimum atomic E-state index is 0.515. The van der Waals surface area contributed by atoms with E-state index in [0.29, 0.717) is 18.0 Å². The summed E-state index contributed by atoms with van der Waals surface area (Å²) in [6.45, 7) is 0.515. The van der Waals surface area contributed by atoms with E-state index in [9.17, 15) is 0 Å². The Balaban J connectivity index is 1.84. The number of thiazole rings is 1. The fraction of sp³-hybridized carbons (Fsp3) is 0.0714. The number of fused-ring (bicyclic) bond motifs is 1. The number of nitrogens with two attached hydrogens (primary N) is 1.